The number of nitrogens with one attached hydrogen (secondary N) is 2. The molecule has 0 aliphatic carbocycles. The summed E-state index contributed by atoms with van der Waals surface area (Å²) in [6.07, 6.45) is 0. The molecular weight excluding hydrogens is 401 g/mol. The molecule has 29 heavy (non-hydrogen) atoms. The number of halogens is 1. The normalized spacial score (nSPS) is 11.2. The van der Waals surface area contributed by atoms with E-state index in [1.165, 1.54) is 41.7 Å². The third-order valence-corrected chi connectivity index (χ3v) is 6.21. The maximum absolute atomic E-state index is 13.7. The second-order valence-corrected chi connectivity index (χ2v) is 7.78. The number of hydrogen-bond acceptors (Lipinski definition) is 5. The first-order valence-corrected chi connectivity index (χ1v) is 10.2. The maximum atomic E-state index is 13.7. The molecule has 156 valence electrons. The molecule has 2 amide bonds. The van der Waals surface area contributed by atoms with Crippen LogP contribution in [0.15, 0.2) is 47.4 Å². The molecule has 0 aliphatic heterocycles. The summed E-state index contributed by atoms with van der Waals surface area (Å²) in [5, 5.41) is 0. The Kier molecular flexibility index (Phi) is 7.29. The summed E-state index contributed by atoms with van der Waals surface area (Å²) in [6.45, 7) is 3.95. The van der Waals surface area contributed by atoms with Crippen LogP contribution in [0.1, 0.15) is 34.6 Å². The fourth-order valence-electron chi connectivity index (χ4n) is 2.63. The van der Waals surface area contributed by atoms with E-state index in [2.05, 4.69) is 10.9 Å². The van der Waals surface area contributed by atoms with E-state index in [0.29, 0.717) is 0 Å². The van der Waals surface area contributed by atoms with Gasteiger partial charge in [-0.3, -0.25) is 20.4 Å². The molecule has 0 aromatic heterocycles. The molecule has 2 rings (SSSR count). The lowest BCUT2D eigenvalue weighted by atomic mass is 10.2. The van der Waals surface area contributed by atoms with Crippen LogP contribution in [0.3, 0.4) is 0 Å². The lowest BCUT2D eigenvalue weighted by molar-refractivity contribution is 0.0842. The molecule has 0 radical (unpaired) electrons. The number of hydrogen-bond donors (Lipinski definition) is 2. The number of amides is 2. The van der Waals surface area contributed by atoms with E-state index in [1.54, 1.807) is 13.8 Å². The zero-order chi connectivity index (χ0) is 21.6. The Bertz CT molecular complexity index is 1010. The Morgan fingerprint density at radius 1 is 1.00 bits per heavy atom. The lowest BCUT2D eigenvalue weighted by Crippen LogP contribution is -2.42. The van der Waals surface area contributed by atoms with E-state index in [1.807, 2.05) is 0 Å². The minimum Gasteiger partial charge on any atom is -0.496 e. The van der Waals surface area contributed by atoms with Gasteiger partial charge in [0, 0.05) is 13.1 Å². The van der Waals surface area contributed by atoms with E-state index in [4.69, 9.17) is 4.74 Å². The molecule has 0 bridgehead atoms. The van der Waals surface area contributed by atoms with Gasteiger partial charge in [0.05, 0.1) is 23.1 Å². The topological polar surface area (TPSA) is 105 Å². The highest BCUT2D eigenvalue weighted by molar-refractivity contribution is 7.89. The van der Waals surface area contributed by atoms with Gasteiger partial charge in [-0.05, 0) is 30.3 Å². The minimum atomic E-state index is -3.80. The lowest BCUT2D eigenvalue weighted by Gasteiger charge is -2.19. The van der Waals surface area contributed by atoms with Gasteiger partial charge in [0.15, 0.2) is 0 Å². The average molecular weight is 423 g/mol. The summed E-state index contributed by atoms with van der Waals surface area (Å²) >= 11 is 0. The first-order valence-electron chi connectivity index (χ1n) is 8.79. The van der Waals surface area contributed by atoms with Crippen LogP contribution in [-0.2, 0) is 10.0 Å². The fourth-order valence-corrected chi connectivity index (χ4v) is 4.12. The molecule has 0 unspecified atom stereocenters. The molecule has 0 atom stereocenters. The molecule has 2 N–H and O–H groups in total. The summed E-state index contributed by atoms with van der Waals surface area (Å²) in [6, 6.07) is 9.13. The zero-order valence-corrected chi connectivity index (χ0v) is 17.0. The second kappa shape index (κ2) is 9.48. The van der Waals surface area contributed by atoms with E-state index < -0.39 is 27.7 Å². The van der Waals surface area contributed by atoms with Crippen LogP contribution in [0.2, 0.25) is 0 Å². The minimum absolute atomic E-state index is 0.0902. The molecule has 10 heteroatoms. The molecule has 2 aromatic rings. The number of ether oxygens (including phenoxy) is 1. The summed E-state index contributed by atoms with van der Waals surface area (Å²) in [5.41, 5.74) is 3.89. The summed E-state index contributed by atoms with van der Waals surface area (Å²) in [4.78, 5) is 24.5. The van der Waals surface area contributed by atoms with Gasteiger partial charge < -0.3 is 4.74 Å². The van der Waals surface area contributed by atoms with Crippen molar-refractivity contribution in [2.75, 3.05) is 20.2 Å². The number of methoxy groups -OCH3 is 1. The van der Waals surface area contributed by atoms with Gasteiger partial charge in [0.2, 0.25) is 10.0 Å². The van der Waals surface area contributed by atoms with Crippen molar-refractivity contribution < 1.29 is 27.1 Å². The molecule has 2 aromatic carbocycles. The molecule has 0 heterocycles. The van der Waals surface area contributed by atoms with Crippen LogP contribution in [0.5, 0.6) is 5.75 Å². The summed E-state index contributed by atoms with van der Waals surface area (Å²) in [7, 11) is -2.48. The van der Waals surface area contributed by atoms with Gasteiger partial charge in [0.25, 0.3) is 11.8 Å². The fraction of sp³-hybridized carbons (Fsp3) is 0.263. The predicted octanol–water partition coefficient (Wildman–Crippen LogP) is 1.94. The van der Waals surface area contributed by atoms with Crippen molar-refractivity contribution in [1.82, 2.24) is 15.2 Å². The Morgan fingerprint density at radius 3 is 2.14 bits per heavy atom. The van der Waals surface area contributed by atoms with Gasteiger partial charge in [-0.1, -0.05) is 26.0 Å². The Morgan fingerprint density at radius 2 is 1.59 bits per heavy atom. The number of sulfonamides is 1. The highest BCUT2D eigenvalue weighted by atomic mass is 32.2. The van der Waals surface area contributed by atoms with Gasteiger partial charge in [-0.15, -0.1) is 0 Å². The summed E-state index contributed by atoms with van der Waals surface area (Å²) < 4.78 is 45.4. The molecule has 0 spiro atoms. The van der Waals surface area contributed by atoms with Crippen molar-refractivity contribution in [1.29, 1.82) is 0 Å². The monoisotopic (exact) mass is 423 g/mol. The number of nitrogens with zero attached hydrogens (tertiary/aromatic N) is 1. The van der Waals surface area contributed by atoms with E-state index >= 15 is 0 Å². The molecular formula is C19H22FN3O5S. The Balaban J connectivity index is 2.27. The standard InChI is InChI=1S/C19H22FN3O5S/c1-4-23(5-2)29(26,27)13-10-11-17(28-3)15(12-13)19(25)22-21-18(24)14-8-6-7-9-16(14)20/h6-12H,4-5H2,1-3H3,(H,21,24)(H,22,25). The number of rotatable bonds is 7. The van der Waals surface area contributed by atoms with Crippen molar-refractivity contribution in [3.63, 3.8) is 0 Å². The third-order valence-electron chi connectivity index (χ3n) is 4.17. The van der Waals surface area contributed by atoms with Crippen molar-refractivity contribution in [3.05, 3.63) is 59.4 Å². The van der Waals surface area contributed by atoms with Gasteiger partial charge in [-0.2, -0.15) is 4.31 Å². The predicted molar refractivity (Wildman–Crippen MR) is 104 cm³/mol. The van der Waals surface area contributed by atoms with E-state index in [9.17, 15) is 22.4 Å². The zero-order valence-electron chi connectivity index (χ0n) is 16.2. The van der Waals surface area contributed by atoms with Crippen LogP contribution in [0.4, 0.5) is 4.39 Å². The highest BCUT2D eigenvalue weighted by Crippen LogP contribution is 2.24. The second-order valence-electron chi connectivity index (χ2n) is 5.84. The van der Waals surface area contributed by atoms with Gasteiger partial charge in [0.1, 0.15) is 11.6 Å². The maximum Gasteiger partial charge on any atom is 0.273 e. The van der Waals surface area contributed by atoms with Crippen molar-refractivity contribution >= 4 is 21.8 Å². The quantitative estimate of drug-likeness (QED) is 0.663. The number of carbonyl (C=O) groups is 2. The first-order chi connectivity index (χ1) is 13.8. The smallest absolute Gasteiger partial charge is 0.273 e. The van der Waals surface area contributed by atoms with Crippen molar-refractivity contribution in [2.45, 2.75) is 18.7 Å². The Labute approximate surface area is 168 Å². The molecule has 0 aliphatic rings. The first kappa shape index (κ1) is 22.3. The molecule has 8 nitrogen and oxygen atoms in total. The SMILES string of the molecule is CCN(CC)S(=O)(=O)c1ccc(OC)c(C(=O)NNC(=O)c2ccccc2F)c1. The number of carbonyl (C=O) groups excluding carboxylic acids is 2. The number of hydrazine groups is 1. The van der Waals surface area contributed by atoms with Gasteiger partial charge in [-0.25, -0.2) is 12.8 Å². The van der Waals surface area contributed by atoms with Crippen LogP contribution in [0, 0.1) is 5.82 Å². The van der Waals surface area contributed by atoms with Crippen LogP contribution in [0.25, 0.3) is 0 Å². The highest BCUT2D eigenvalue weighted by Gasteiger charge is 2.24. The molecule has 0 fully saturated rings. The van der Waals surface area contributed by atoms with Crippen molar-refractivity contribution in [3.8, 4) is 5.75 Å². The van der Waals surface area contributed by atoms with E-state index in [0.717, 1.165) is 12.1 Å². The molecule has 0 saturated carbocycles. The number of benzene rings is 2. The van der Waals surface area contributed by atoms with E-state index in [-0.39, 0.29) is 34.9 Å². The average Bonchev–Trinajstić information content (AvgIpc) is 2.72. The molecule has 0 saturated heterocycles. The van der Waals surface area contributed by atoms with Gasteiger partial charge >= 0.3 is 0 Å². The van der Waals surface area contributed by atoms with Crippen molar-refractivity contribution in [2.24, 2.45) is 0 Å². The van der Waals surface area contributed by atoms with Crippen LogP contribution >= 0.6 is 0 Å². The van der Waals surface area contributed by atoms with Crippen LogP contribution in [-0.4, -0.2) is 44.7 Å². The largest absolute Gasteiger partial charge is 0.496 e. The summed E-state index contributed by atoms with van der Waals surface area (Å²) in [5.74, 6) is -2.31. The third kappa shape index (κ3) is 4.90. The Hall–Kier alpha value is -2.98. The van der Waals surface area contributed by atoms with Crippen LogP contribution < -0.4 is 15.6 Å².